The predicted molar refractivity (Wildman–Crippen MR) is 101 cm³/mol. The molecule has 26 heavy (non-hydrogen) atoms. The molecule has 0 aliphatic carbocycles. The van der Waals surface area contributed by atoms with E-state index in [0.717, 1.165) is 36.3 Å². The second-order valence-electron chi connectivity index (χ2n) is 6.90. The molecule has 2 aromatic rings. The molecule has 138 valence electrons. The molecule has 5 nitrogen and oxygen atoms in total. The van der Waals surface area contributed by atoms with Gasteiger partial charge in [0.05, 0.1) is 0 Å². The molecular weight excluding hydrogens is 328 g/mol. The second kappa shape index (κ2) is 7.77. The molecule has 1 aromatic carbocycles. The van der Waals surface area contributed by atoms with E-state index in [0.29, 0.717) is 18.7 Å². The van der Waals surface area contributed by atoms with E-state index >= 15 is 0 Å². The normalized spacial score (nSPS) is 17.7. The number of nitrogens with zero attached hydrogens (tertiary/aromatic N) is 2. The van der Waals surface area contributed by atoms with Crippen molar-refractivity contribution in [3.63, 3.8) is 0 Å². The summed E-state index contributed by atoms with van der Waals surface area (Å²) in [6, 6.07) is 10.9. The highest BCUT2D eigenvalue weighted by atomic mass is 16.3. The van der Waals surface area contributed by atoms with E-state index in [4.69, 9.17) is 4.42 Å². The Morgan fingerprint density at radius 3 is 2.50 bits per heavy atom. The summed E-state index contributed by atoms with van der Waals surface area (Å²) in [6.45, 7) is 5.16. The van der Waals surface area contributed by atoms with Gasteiger partial charge in [0.2, 0.25) is 5.91 Å². The lowest BCUT2D eigenvalue weighted by Crippen LogP contribution is -2.57. The first-order chi connectivity index (χ1) is 12.5. The first kappa shape index (κ1) is 18.2. The van der Waals surface area contributed by atoms with Crippen molar-refractivity contribution < 1.29 is 14.0 Å². The topological polar surface area (TPSA) is 53.8 Å². The third-order valence-electron chi connectivity index (χ3n) is 4.96. The third kappa shape index (κ3) is 3.66. The van der Waals surface area contributed by atoms with Crippen LogP contribution in [0.5, 0.6) is 0 Å². The van der Waals surface area contributed by atoms with Crippen LogP contribution in [0.15, 0.2) is 40.8 Å². The van der Waals surface area contributed by atoms with E-state index in [1.54, 1.807) is 9.80 Å². The van der Waals surface area contributed by atoms with Crippen molar-refractivity contribution in [3.05, 3.63) is 47.7 Å². The van der Waals surface area contributed by atoms with E-state index < -0.39 is 0 Å². The smallest absolute Gasteiger partial charge is 0.254 e. The quantitative estimate of drug-likeness (QED) is 0.822. The van der Waals surface area contributed by atoms with Gasteiger partial charge in [-0.05, 0) is 37.6 Å². The van der Waals surface area contributed by atoms with Crippen LogP contribution in [-0.4, -0.2) is 47.8 Å². The van der Waals surface area contributed by atoms with Gasteiger partial charge in [-0.25, -0.2) is 0 Å². The summed E-state index contributed by atoms with van der Waals surface area (Å²) in [6.07, 6.45) is 2.66. The molecule has 0 N–H and O–H groups in total. The Labute approximate surface area is 154 Å². The minimum atomic E-state index is -0.353. The molecular formula is C21H26N2O3. The Bertz CT molecular complexity index is 779. The number of hydrogen-bond acceptors (Lipinski definition) is 3. The highest BCUT2D eigenvalue weighted by Crippen LogP contribution is 2.24. The van der Waals surface area contributed by atoms with E-state index in [-0.39, 0.29) is 17.9 Å². The van der Waals surface area contributed by atoms with Crippen molar-refractivity contribution in [2.24, 2.45) is 0 Å². The Kier molecular flexibility index (Phi) is 5.45. The van der Waals surface area contributed by atoms with Crippen LogP contribution in [0.25, 0.3) is 11.3 Å². The number of carbonyl (C=O) groups excluding carboxylic acids is 2. The molecule has 2 amide bonds. The van der Waals surface area contributed by atoms with Crippen LogP contribution >= 0.6 is 0 Å². The molecule has 0 bridgehead atoms. The number of furan rings is 1. The van der Waals surface area contributed by atoms with Gasteiger partial charge in [0.1, 0.15) is 17.6 Å². The molecule has 1 fully saturated rings. The number of likely N-dealkylation sites (N-methyl/N-ethyl adjacent to an activating group) is 1. The molecule has 1 aromatic heterocycles. The van der Waals surface area contributed by atoms with Crippen LogP contribution in [0.3, 0.4) is 0 Å². The third-order valence-corrected chi connectivity index (χ3v) is 4.96. The number of carbonyl (C=O) groups is 2. The van der Waals surface area contributed by atoms with Crippen molar-refractivity contribution in [2.75, 3.05) is 20.1 Å². The lowest BCUT2D eigenvalue weighted by Gasteiger charge is -2.39. The first-order valence-corrected chi connectivity index (χ1v) is 9.24. The van der Waals surface area contributed by atoms with Crippen LogP contribution in [0.1, 0.15) is 42.3 Å². The van der Waals surface area contributed by atoms with Crippen LogP contribution < -0.4 is 0 Å². The van der Waals surface area contributed by atoms with Gasteiger partial charge in [0.15, 0.2) is 0 Å². The number of piperazine rings is 1. The summed E-state index contributed by atoms with van der Waals surface area (Å²) in [4.78, 5) is 29.0. The molecule has 2 heterocycles. The SMILES string of the molecule is CCCCC1C(=O)N(C)CCN1C(=O)c1ccc(-c2ccc(C)o2)cc1. The molecule has 1 atom stereocenters. The zero-order valence-corrected chi connectivity index (χ0v) is 15.7. The average molecular weight is 354 g/mol. The van der Waals surface area contributed by atoms with Crippen LogP contribution in [0.2, 0.25) is 0 Å². The lowest BCUT2D eigenvalue weighted by atomic mass is 10.0. The summed E-state index contributed by atoms with van der Waals surface area (Å²) in [5.41, 5.74) is 1.54. The van der Waals surface area contributed by atoms with Gasteiger partial charge in [0, 0.05) is 31.3 Å². The van der Waals surface area contributed by atoms with Gasteiger partial charge in [-0.2, -0.15) is 0 Å². The minimum absolute atomic E-state index is 0.0423. The van der Waals surface area contributed by atoms with E-state index in [1.165, 1.54) is 0 Å². The molecule has 0 saturated carbocycles. The zero-order valence-electron chi connectivity index (χ0n) is 15.7. The largest absolute Gasteiger partial charge is 0.461 e. The highest BCUT2D eigenvalue weighted by molar-refractivity contribution is 5.98. The number of amides is 2. The van der Waals surface area contributed by atoms with Gasteiger partial charge in [-0.15, -0.1) is 0 Å². The summed E-state index contributed by atoms with van der Waals surface area (Å²) in [7, 11) is 1.81. The molecule has 1 unspecified atom stereocenters. The van der Waals surface area contributed by atoms with Crippen molar-refractivity contribution in [3.8, 4) is 11.3 Å². The Morgan fingerprint density at radius 1 is 1.15 bits per heavy atom. The molecule has 5 heteroatoms. The maximum absolute atomic E-state index is 13.0. The lowest BCUT2D eigenvalue weighted by molar-refractivity contribution is -0.138. The monoisotopic (exact) mass is 354 g/mol. The van der Waals surface area contributed by atoms with Gasteiger partial charge >= 0.3 is 0 Å². The molecule has 1 aliphatic rings. The fourth-order valence-electron chi connectivity index (χ4n) is 3.36. The Morgan fingerprint density at radius 2 is 1.88 bits per heavy atom. The van der Waals surface area contributed by atoms with Crippen LogP contribution in [-0.2, 0) is 4.79 Å². The van der Waals surface area contributed by atoms with Crippen molar-refractivity contribution in [1.82, 2.24) is 9.80 Å². The Hall–Kier alpha value is -2.56. The summed E-state index contributed by atoms with van der Waals surface area (Å²) in [5, 5.41) is 0. The fraction of sp³-hybridized carbons (Fsp3) is 0.429. The summed E-state index contributed by atoms with van der Waals surface area (Å²) < 4.78 is 5.63. The van der Waals surface area contributed by atoms with Gasteiger partial charge < -0.3 is 14.2 Å². The van der Waals surface area contributed by atoms with E-state index in [1.807, 2.05) is 50.4 Å². The molecule has 1 aliphatic heterocycles. The summed E-state index contributed by atoms with van der Waals surface area (Å²) >= 11 is 0. The second-order valence-corrected chi connectivity index (χ2v) is 6.90. The van der Waals surface area contributed by atoms with E-state index in [9.17, 15) is 9.59 Å². The minimum Gasteiger partial charge on any atom is -0.461 e. The maximum Gasteiger partial charge on any atom is 0.254 e. The molecule has 0 spiro atoms. The first-order valence-electron chi connectivity index (χ1n) is 9.24. The van der Waals surface area contributed by atoms with Gasteiger partial charge in [-0.1, -0.05) is 31.9 Å². The van der Waals surface area contributed by atoms with Crippen LogP contribution in [0.4, 0.5) is 0 Å². The number of unbranched alkanes of at least 4 members (excludes halogenated alkanes) is 1. The Balaban J connectivity index is 1.79. The molecule has 0 radical (unpaired) electrons. The number of hydrogen-bond donors (Lipinski definition) is 0. The van der Waals surface area contributed by atoms with Crippen molar-refractivity contribution >= 4 is 11.8 Å². The summed E-state index contributed by atoms with van der Waals surface area (Å²) in [5.74, 6) is 1.61. The van der Waals surface area contributed by atoms with Crippen LogP contribution in [0, 0.1) is 6.92 Å². The predicted octanol–water partition coefficient (Wildman–Crippen LogP) is 3.73. The zero-order chi connectivity index (χ0) is 18.7. The van der Waals surface area contributed by atoms with Crippen molar-refractivity contribution in [2.45, 2.75) is 39.2 Å². The molecule has 1 saturated heterocycles. The number of rotatable bonds is 5. The highest BCUT2D eigenvalue weighted by Gasteiger charge is 2.35. The number of aryl methyl sites for hydroxylation is 1. The fourth-order valence-corrected chi connectivity index (χ4v) is 3.36. The molecule has 3 rings (SSSR count). The van der Waals surface area contributed by atoms with Crippen molar-refractivity contribution in [1.29, 1.82) is 0 Å². The standard InChI is InChI=1S/C21H26N2O3/c1-4-5-6-18-21(25)22(3)13-14-23(18)20(24)17-10-8-16(9-11-17)19-12-7-15(2)26-19/h7-12,18H,4-6,13-14H2,1-3H3. The van der Waals surface area contributed by atoms with Gasteiger partial charge in [0.25, 0.3) is 5.91 Å². The van der Waals surface area contributed by atoms with Gasteiger partial charge in [-0.3, -0.25) is 9.59 Å². The average Bonchev–Trinajstić information content (AvgIpc) is 3.09. The number of benzene rings is 1. The maximum atomic E-state index is 13.0. The van der Waals surface area contributed by atoms with E-state index in [2.05, 4.69) is 6.92 Å².